The van der Waals surface area contributed by atoms with E-state index in [1.165, 1.54) is 4.90 Å². The largest absolute Gasteiger partial charge is 0.496 e. The quantitative estimate of drug-likeness (QED) is 0.500. The van der Waals surface area contributed by atoms with Crippen LogP contribution in [0, 0.1) is 0 Å². The van der Waals surface area contributed by atoms with Gasteiger partial charge in [0.1, 0.15) is 11.5 Å². The van der Waals surface area contributed by atoms with E-state index in [9.17, 15) is 4.79 Å². The van der Waals surface area contributed by atoms with E-state index >= 15 is 0 Å². The van der Waals surface area contributed by atoms with Gasteiger partial charge in [-0.05, 0) is 35.7 Å². The minimum Gasteiger partial charge on any atom is -0.496 e. The van der Waals surface area contributed by atoms with Gasteiger partial charge in [0.05, 0.1) is 7.11 Å². The van der Waals surface area contributed by atoms with Crippen LogP contribution in [-0.4, -0.2) is 58.2 Å². The average Bonchev–Trinajstić information content (AvgIpc) is 2.74. The smallest absolute Gasteiger partial charge is 0.259 e. The highest BCUT2D eigenvalue weighted by molar-refractivity contribution is 5.79. The minimum atomic E-state index is -0.0758. The van der Waals surface area contributed by atoms with E-state index in [4.69, 9.17) is 9.47 Å². The molecule has 0 radical (unpaired) electrons. The number of ether oxygens (including phenoxy) is 2. The summed E-state index contributed by atoms with van der Waals surface area (Å²) in [6.07, 6.45) is 0.827. The number of hydrogen-bond acceptors (Lipinski definition) is 4. The number of hydrogen-bond donors (Lipinski definition) is 2. The van der Waals surface area contributed by atoms with E-state index in [1.54, 1.807) is 28.3 Å². The van der Waals surface area contributed by atoms with Gasteiger partial charge in [0.2, 0.25) is 0 Å². The van der Waals surface area contributed by atoms with E-state index < -0.39 is 0 Å². The second-order valence-corrected chi connectivity index (χ2v) is 6.64. The van der Waals surface area contributed by atoms with Gasteiger partial charge < -0.3 is 25.0 Å². The van der Waals surface area contributed by atoms with Crippen LogP contribution in [0.1, 0.15) is 11.1 Å². The zero-order valence-electron chi connectivity index (χ0n) is 17.6. The number of carbonyl (C=O) groups is 1. The fraction of sp³-hybridized carbons (Fsp3) is 0.364. The second-order valence-electron chi connectivity index (χ2n) is 6.64. The first-order valence-corrected chi connectivity index (χ1v) is 9.51. The molecule has 0 heterocycles. The number of amides is 1. The van der Waals surface area contributed by atoms with Crippen molar-refractivity contribution in [2.45, 2.75) is 13.0 Å². The maximum Gasteiger partial charge on any atom is 0.259 e. The van der Waals surface area contributed by atoms with Gasteiger partial charge in [0, 0.05) is 34.2 Å². The summed E-state index contributed by atoms with van der Waals surface area (Å²) < 4.78 is 10.9. The van der Waals surface area contributed by atoms with Crippen molar-refractivity contribution in [1.82, 2.24) is 15.5 Å². The molecule has 0 saturated carbocycles. The Labute approximate surface area is 172 Å². The van der Waals surface area contributed by atoms with Gasteiger partial charge in [0.15, 0.2) is 12.6 Å². The Bertz CT molecular complexity index is 821. The Morgan fingerprint density at radius 3 is 2.62 bits per heavy atom. The van der Waals surface area contributed by atoms with Crippen molar-refractivity contribution < 1.29 is 14.3 Å². The number of nitrogens with one attached hydrogen (secondary N) is 2. The molecule has 0 bridgehead atoms. The molecule has 1 amide bonds. The third-order valence-corrected chi connectivity index (χ3v) is 4.32. The number of aliphatic imine (C=N–C) groups is 1. The molecule has 2 rings (SSSR count). The Balaban J connectivity index is 1.81. The topological polar surface area (TPSA) is 75.2 Å². The fourth-order valence-electron chi connectivity index (χ4n) is 2.65. The van der Waals surface area contributed by atoms with Crippen LogP contribution >= 0.6 is 0 Å². The zero-order valence-corrected chi connectivity index (χ0v) is 17.6. The molecular formula is C22H30N4O3. The third-order valence-electron chi connectivity index (χ3n) is 4.32. The molecule has 7 heteroatoms. The molecule has 0 atom stereocenters. The number of benzene rings is 2. The number of rotatable bonds is 9. The molecule has 7 nitrogen and oxygen atoms in total. The normalized spacial score (nSPS) is 11.0. The summed E-state index contributed by atoms with van der Waals surface area (Å²) in [6.45, 7) is 1.35. The van der Waals surface area contributed by atoms with Gasteiger partial charge >= 0.3 is 0 Å². The molecule has 2 aromatic carbocycles. The highest BCUT2D eigenvalue weighted by atomic mass is 16.5. The Hall–Kier alpha value is -3.22. The molecule has 29 heavy (non-hydrogen) atoms. The van der Waals surface area contributed by atoms with Crippen LogP contribution in [0.4, 0.5) is 0 Å². The second kappa shape index (κ2) is 11.6. The molecule has 0 spiro atoms. The van der Waals surface area contributed by atoms with E-state index in [2.05, 4.69) is 21.7 Å². The summed E-state index contributed by atoms with van der Waals surface area (Å²) in [6, 6.07) is 15.6. The van der Waals surface area contributed by atoms with Gasteiger partial charge in [-0.2, -0.15) is 0 Å². The lowest BCUT2D eigenvalue weighted by molar-refractivity contribution is -0.130. The lowest BCUT2D eigenvalue weighted by atomic mass is 10.1. The summed E-state index contributed by atoms with van der Waals surface area (Å²) in [7, 11) is 6.84. The first kappa shape index (κ1) is 22.1. The van der Waals surface area contributed by atoms with Gasteiger partial charge in [-0.1, -0.05) is 30.3 Å². The van der Waals surface area contributed by atoms with E-state index in [-0.39, 0.29) is 12.5 Å². The molecule has 0 fully saturated rings. The molecule has 0 unspecified atom stereocenters. The van der Waals surface area contributed by atoms with Gasteiger partial charge in [-0.3, -0.25) is 9.79 Å². The summed E-state index contributed by atoms with van der Waals surface area (Å²) in [5.41, 5.74) is 2.18. The number of nitrogens with zero attached hydrogens (tertiary/aromatic N) is 2. The molecule has 2 N–H and O–H groups in total. The molecule has 0 aliphatic carbocycles. The summed E-state index contributed by atoms with van der Waals surface area (Å²) in [5, 5.41) is 6.60. The number of carbonyl (C=O) groups excluding carboxylic acids is 1. The van der Waals surface area contributed by atoms with Crippen molar-refractivity contribution in [1.29, 1.82) is 0 Å². The molecule has 0 aliphatic rings. The standard InChI is InChI=1S/C22H30N4O3/c1-23-22(24-13-12-18-9-5-6-11-20(18)28-4)25-15-17-8-7-10-19(14-17)29-16-21(27)26(2)3/h5-11,14H,12-13,15-16H2,1-4H3,(H2,23,24,25). The predicted molar refractivity (Wildman–Crippen MR) is 116 cm³/mol. The van der Waals surface area contributed by atoms with Crippen molar-refractivity contribution in [2.24, 2.45) is 4.99 Å². The monoisotopic (exact) mass is 398 g/mol. The molecule has 156 valence electrons. The van der Waals surface area contributed by atoms with Gasteiger partial charge in [-0.15, -0.1) is 0 Å². The average molecular weight is 399 g/mol. The van der Waals surface area contributed by atoms with Gasteiger partial charge in [0.25, 0.3) is 5.91 Å². The molecule has 2 aromatic rings. The Morgan fingerprint density at radius 2 is 1.90 bits per heavy atom. The van der Waals surface area contributed by atoms with E-state index in [0.29, 0.717) is 18.3 Å². The van der Waals surface area contributed by atoms with Crippen LogP contribution in [0.15, 0.2) is 53.5 Å². The summed E-state index contributed by atoms with van der Waals surface area (Å²) in [5.74, 6) is 2.20. The summed E-state index contributed by atoms with van der Waals surface area (Å²) in [4.78, 5) is 17.4. The number of guanidine groups is 1. The predicted octanol–water partition coefficient (Wildman–Crippen LogP) is 2.07. The van der Waals surface area contributed by atoms with Crippen molar-refractivity contribution >= 4 is 11.9 Å². The van der Waals surface area contributed by atoms with Crippen molar-refractivity contribution in [2.75, 3.05) is 41.4 Å². The van der Waals surface area contributed by atoms with Crippen LogP contribution < -0.4 is 20.1 Å². The van der Waals surface area contributed by atoms with Crippen molar-refractivity contribution in [3.8, 4) is 11.5 Å². The summed E-state index contributed by atoms with van der Waals surface area (Å²) >= 11 is 0. The van der Waals surface area contributed by atoms with Gasteiger partial charge in [-0.25, -0.2) is 0 Å². The minimum absolute atomic E-state index is 0.0239. The van der Waals surface area contributed by atoms with Crippen molar-refractivity contribution in [3.05, 3.63) is 59.7 Å². The van der Waals surface area contributed by atoms with Crippen LogP contribution in [0.2, 0.25) is 0 Å². The fourth-order valence-corrected chi connectivity index (χ4v) is 2.65. The maximum atomic E-state index is 11.7. The van der Waals surface area contributed by atoms with E-state index in [1.807, 2.05) is 42.5 Å². The zero-order chi connectivity index (χ0) is 21.1. The molecular weight excluding hydrogens is 368 g/mol. The highest BCUT2D eigenvalue weighted by Crippen LogP contribution is 2.17. The third kappa shape index (κ3) is 7.37. The van der Waals surface area contributed by atoms with Crippen LogP contribution in [0.25, 0.3) is 0 Å². The maximum absolute atomic E-state index is 11.7. The Morgan fingerprint density at radius 1 is 1.10 bits per heavy atom. The SMILES string of the molecule is CN=C(NCCc1ccccc1OC)NCc1cccc(OCC(=O)N(C)C)c1. The molecule has 0 saturated heterocycles. The number of para-hydroxylation sites is 1. The molecule has 0 aromatic heterocycles. The van der Waals surface area contributed by atoms with E-state index in [0.717, 1.165) is 29.8 Å². The lowest BCUT2D eigenvalue weighted by Crippen LogP contribution is -2.37. The number of likely N-dealkylation sites (N-methyl/N-ethyl adjacent to an activating group) is 1. The Kier molecular flexibility index (Phi) is 8.82. The van der Waals surface area contributed by atoms with Crippen LogP contribution in [0.3, 0.4) is 0 Å². The molecule has 0 aliphatic heterocycles. The highest BCUT2D eigenvalue weighted by Gasteiger charge is 2.06. The number of methoxy groups -OCH3 is 1. The first-order valence-electron chi connectivity index (χ1n) is 9.51. The lowest BCUT2D eigenvalue weighted by Gasteiger charge is -2.14. The van der Waals surface area contributed by atoms with Crippen LogP contribution in [-0.2, 0) is 17.8 Å². The first-order chi connectivity index (χ1) is 14.0. The van der Waals surface area contributed by atoms with Crippen LogP contribution in [0.5, 0.6) is 11.5 Å². The van der Waals surface area contributed by atoms with Crippen molar-refractivity contribution in [3.63, 3.8) is 0 Å².